The van der Waals surface area contributed by atoms with Crippen molar-refractivity contribution in [3.63, 3.8) is 0 Å². The van der Waals surface area contributed by atoms with Gasteiger partial charge >= 0.3 is 5.97 Å². The van der Waals surface area contributed by atoms with Gasteiger partial charge in [0.25, 0.3) is 0 Å². The molecule has 2 rings (SSSR count). The molecule has 0 aliphatic rings. The predicted molar refractivity (Wildman–Crippen MR) is 80.2 cm³/mol. The van der Waals surface area contributed by atoms with Gasteiger partial charge in [-0.3, -0.25) is 10.2 Å². The lowest BCUT2D eigenvalue weighted by Crippen LogP contribution is -2.37. The van der Waals surface area contributed by atoms with E-state index in [9.17, 15) is 14.7 Å². The molecule has 0 fully saturated rings. The number of carboxylic acid groups (broad SMARTS) is 1. The Labute approximate surface area is 127 Å². The van der Waals surface area contributed by atoms with E-state index in [0.717, 1.165) is 5.56 Å². The van der Waals surface area contributed by atoms with Gasteiger partial charge in [-0.1, -0.05) is 42.5 Å². The number of hydrogen-bond donors (Lipinski definition) is 4. The molecule has 22 heavy (non-hydrogen) atoms. The molecule has 0 atom stereocenters. The zero-order chi connectivity index (χ0) is 15.9. The van der Waals surface area contributed by atoms with Crippen molar-refractivity contribution in [1.29, 1.82) is 0 Å². The third-order valence-electron chi connectivity index (χ3n) is 3.06. The van der Waals surface area contributed by atoms with E-state index < -0.39 is 5.97 Å². The second-order valence-corrected chi connectivity index (χ2v) is 4.68. The molecule has 114 valence electrons. The van der Waals surface area contributed by atoms with E-state index in [1.165, 1.54) is 12.1 Å². The van der Waals surface area contributed by atoms with Crippen molar-refractivity contribution < 1.29 is 19.8 Å². The van der Waals surface area contributed by atoms with E-state index in [1.807, 2.05) is 30.3 Å². The van der Waals surface area contributed by atoms with Crippen LogP contribution >= 0.6 is 0 Å². The maximum Gasteiger partial charge on any atom is 0.339 e. The Hall–Kier alpha value is -2.86. The fourth-order valence-corrected chi connectivity index (χ4v) is 1.97. The summed E-state index contributed by atoms with van der Waals surface area (Å²) < 4.78 is 0. The molecule has 0 aliphatic heterocycles. The Balaban J connectivity index is 1.87. The largest absolute Gasteiger partial charge is 0.507 e. The van der Waals surface area contributed by atoms with Crippen LogP contribution in [-0.4, -0.2) is 22.1 Å². The van der Waals surface area contributed by atoms with Gasteiger partial charge in [0.1, 0.15) is 11.3 Å². The number of nitrogens with one attached hydrogen (secondary N) is 2. The number of benzene rings is 2. The van der Waals surface area contributed by atoms with Gasteiger partial charge in [0.05, 0.1) is 6.42 Å². The van der Waals surface area contributed by atoms with E-state index in [1.54, 1.807) is 6.07 Å². The summed E-state index contributed by atoms with van der Waals surface area (Å²) in [7, 11) is 0. The highest BCUT2D eigenvalue weighted by Gasteiger charge is 2.12. The minimum absolute atomic E-state index is 0.119. The van der Waals surface area contributed by atoms with Crippen LogP contribution in [0.1, 0.15) is 21.5 Å². The minimum Gasteiger partial charge on any atom is -0.507 e. The van der Waals surface area contributed by atoms with E-state index >= 15 is 0 Å². The summed E-state index contributed by atoms with van der Waals surface area (Å²) in [5.41, 5.74) is 6.29. The summed E-state index contributed by atoms with van der Waals surface area (Å²) in [6.45, 7) is 0.119. The SMILES string of the molecule is O=C(Cc1ccccc1)NNCc1cccc(C(=O)O)c1O. The van der Waals surface area contributed by atoms with Crippen LogP contribution in [0.15, 0.2) is 48.5 Å². The molecular formula is C16H16N2O4. The number of hydrazine groups is 1. The van der Waals surface area contributed by atoms with Crippen molar-refractivity contribution in [2.24, 2.45) is 0 Å². The van der Waals surface area contributed by atoms with Crippen molar-refractivity contribution >= 4 is 11.9 Å². The summed E-state index contributed by atoms with van der Waals surface area (Å²) in [6.07, 6.45) is 0.231. The number of carboxylic acids is 1. The zero-order valence-corrected chi connectivity index (χ0v) is 11.7. The molecule has 0 heterocycles. The fourth-order valence-electron chi connectivity index (χ4n) is 1.97. The summed E-state index contributed by atoms with van der Waals surface area (Å²) in [6, 6.07) is 13.7. The maximum atomic E-state index is 11.7. The lowest BCUT2D eigenvalue weighted by atomic mass is 10.1. The highest BCUT2D eigenvalue weighted by molar-refractivity contribution is 5.91. The predicted octanol–water partition coefficient (Wildman–Crippen LogP) is 1.45. The van der Waals surface area contributed by atoms with Crippen LogP contribution in [0.25, 0.3) is 0 Å². The molecule has 0 saturated carbocycles. The summed E-state index contributed by atoms with van der Waals surface area (Å²) >= 11 is 0. The number of aromatic hydroxyl groups is 1. The van der Waals surface area contributed by atoms with Gasteiger partial charge in [-0.2, -0.15) is 0 Å². The van der Waals surface area contributed by atoms with E-state index in [4.69, 9.17) is 5.11 Å². The van der Waals surface area contributed by atoms with Crippen molar-refractivity contribution in [3.8, 4) is 5.75 Å². The second kappa shape index (κ2) is 7.24. The van der Waals surface area contributed by atoms with Crippen LogP contribution in [0.4, 0.5) is 0 Å². The molecule has 0 saturated heterocycles. The van der Waals surface area contributed by atoms with Crippen molar-refractivity contribution in [2.75, 3.05) is 0 Å². The number of hydrogen-bond acceptors (Lipinski definition) is 4. The van der Waals surface area contributed by atoms with E-state index in [2.05, 4.69) is 10.9 Å². The first kappa shape index (κ1) is 15.5. The average molecular weight is 300 g/mol. The quantitative estimate of drug-likeness (QED) is 0.605. The number of aromatic carboxylic acids is 1. The fraction of sp³-hybridized carbons (Fsp3) is 0.125. The third kappa shape index (κ3) is 4.07. The zero-order valence-electron chi connectivity index (χ0n) is 11.7. The standard InChI is InChI=1S/C16H16N2O4/c19-14(9-11-5-2-1-3-6-11)18-17-10-12-7-4-8-13(15(12)20)16(21)22/h1-8,17,20H,9-10H2,(H,18,19)(H,21,22). The number of carbonyl (C=O) groups excluding carboxylic acids is 1. The first-order chi connectivity index (χ1) is 10.6. The van der Waals surface area contributed by atoms with Crippen LogP contribution in [-0.2, 0) is 17.8 Å². The topological polar surface area (TPSA) is 98.7 Å². The van der Waals surface area contributed by atoms with Crippen molar-refractivity contribution in [3.05, 3.63) is 65.2 Å². The Bertz CT molecular complexity index is 671. The third-order valence-corrected chi connectivity index (χ3v) is 3.06. The first-order valence-electron chi connectivity index (χ1n) is 6.67. The molecule has 2 aromatic carbocycles. The molecule has 0 spiro atoms. The molecule has 0 unspecified atom stereocenters. The Morgan fingerprint density at radius 2 is 1.73 bits per heavy atom. The van der Waals surface area contributed by atoms with Gasteiger partial charge in [-0.05, 0) is 11.6 Å². The van der Waals surface area contributed by atoms with Crippen molar-refractivity contribution in [1.82, 2.24) is 10.9 Å². The number of phenols is 1. The molecule has 0 radical (unpaired) electrons. The number of para-hydroxylation sites is 1. The summed E-state index contributed by atoms with van der Waals surface area (Å²) in [5.74, 6) is -1.73. The number of amides is 1. The first-order valence-corrected chi connectivity index (χ1v) is 6.67. The highest BCUT2D eigenvalue weighted by Crippen LogP contribution is 2.21. The van der Waals surface area contributed by atoms with Gasteiger partial charge in [0.15, 0.2) is 0 Å². The molecule has 6 nitrogen and oxygen atoms in total. The van der Waals surface area contributed by atoms with Gasteiger partial charge in [0, 0.05) is 12.1 Å². The van der Waals surface area contributed by atoms with Crippen LogP contribution in [0, 0.1) is 0 Å². The Morgan fingerprint density at radius 3 is 2.41 bits per heavy atom. The molecule has 6 heteroatoms. The van der Waals surface area contributed by atoms with Crippen LogP contribution in [0.3, 0.4) is 0 Å². The van der Waals surface area contributed by atoms with E-state index in [-0.39, 0.29) is 30.2 Å². The van der Waals surface area contributed by atoms with Gasteiger partial charge in [-0.15, -0.1) is 0 Å². The number of rotatable bonds is 6. The van der Waals surface area contributed by atoms with Gasteiger partial charge in [0.2, 0.25) is 5.91 Å². The number of carbonyl (C=O) groups is 2. The summed E-state index contributed by atoms with van der Waals surface area (Å²) in [4.78, 5) is 22.6. The van der Waals surface area contributed by atoms with E-state index in [0.29, 0.717) is 5.56 Å². The Morgan fingerprint density at radius 1 is 1.00 bits per heavy atom. The molecule has 0 aromatic heterocycles. The van der Waals surface area contributed by atoms with Gasteiger partial charge in [-0.25, -0.2) is 10.2 Å². The maximum absolute atomic E-state index is 11.7. The molecular weight excluding hydrogens is 284 g/mol. The van der Waals surface area contributed by atoms with Gasteiger partial charge < -0.3 is 10.2 Å². The minimum atomic E-state index is -1.20. The molecule has 1 amide bonds. The van der Waals surface area contributed by atoms with Crippen molar-refractivity contribution in [2.45, 2.75) is 13.0 Å². The molecule has 4 N–H and O–H groups in total. The summed E-state index contributed by atoms with van der Waals surface area (Å²) in [5, 5.41) is 18.7. The normalized spacial score (nSPS) is 10.2. The lowest BCUT2D eigenvalue weighted by Gasteiger charge is -2.10. The smallest absolute Gasteiger partial charge is 0.339 e. The molecule has 2 aromatic rings. The second-order valence-electron chi connectivity index (χ2n) is 4.68. The monoisotopic (exact) mass is 300 g/mol. The average Bonchev–Trinajstić information content (AvgIpc) is 2.49. The Kier molecular flexibility index (Phi) is 5.11. The molecule has 0 aliphatic carbocycles. The highest BCUT2D eigenvalue weighted by atomic mass is 16.4. The van der Waals surface area contributed by atoms with Crippen LogP contribution < -0.4 is 10.9 Å². The van der Waals surface area contributed by atoms with Crippen LogP contribution in [0.5, 0.6) is 5.75 Å². The lowest BCUT2D eigenvalue weighted by molar-refractivity contribution is -0.121. The van der Waals surface area contributed by atoms with Crippen LogP contribution in [0.2, 0.25) is 0 Å². The molecule has 0 bridgehead atoms.